The molecule has 60 valence electrons. The molecule has 0 atom stereocenters. The first kappa shape index (κ1) is 7.94. The van der Waals surface area contributed by atoms with E-state index in [0.29, 0.717) is 11.4 Å². The van der Waals surface area contributed by atoms with Gasteiger partial charge < -0.3 is 10.7 Å². The largest absolute Gasteiger partial charge is 0.326 e. The second-order valence-corrected chi connectivity index (χ2v) is 2.24. The molecule has 0 spiro atoms. The van der Waals surface area contributed by atoms with Crippen LogP contribution in [-0.4, -0.2) is 9.97 Å². The molecular weight excluding hydrogens is 142 g/mol. The molecule has 0 saturated carbocycles. The molecule has 3 N–H and O–H groups in total. The highest BCUT2D eigenvalue weighted by atomic mass is 16.1. The lowest BCUT2D eigenvalue weighted by Gasteiger charge is -1.96. The van der Waals surface area contributed by atoms with E-state index in [-0.39, 0.29) is 12.1 Å². The maximum Gasteiger partial charge on any atom is 0.255 e. The Labute approximate surface area is 64.5 Å². The van der Waals surface area contributed by atoms with Crippen LogP contribution >= 0.6 is 0 Å². The van der Waals surface area contributed by atoms with Gasteiger partial charge in [-0.25, -0.2) is 4.98 Å². The first-order chi connectivity index (χ1) is 5.27. The molecule has 0 aromatic carbocycles. The second kappa shape index (κ2) is 3.30. The van der Waals surface area contributed by atoms with Crippen molar-refractivity contribution in [2.75, 3.05) is 0 Å². The summed E-state index contributed by atoms with van der Waals surface area (Å²) in [7, 11) is 0. The smallest absolute Gasteiger partial charge is 0.255 e. The number of H-pyrrole nitrogens is 1. The molecule has 0 saturated heterocycles. The van der Waals surface area contributed by atoms with Gasteiger partial charge in [0.15, 0.2) is 0 Å². The van der Waals surface area contributed by atoms with E-state index >= 15 is 0 Å². The molecule has 1 rings (SSSR count). The molecule has 0 bridgehead atoms. The third-order valence-corrected chi connectivity index (χ3v) is 1.48. The monoisotopic (exact) mass is 153 g/mol. The minimum atomic E-state index is -0.126. The lowest BCUT2D eigenvalue weighted by Crippen LogP contribution is -2.18. The van der Waals surface area contributed by atoms with E-state index in [0.717, 1.165) is 6.42 Å². The highest BCUT2D eigenvalue weighted by Crippen LogP contribution is 1.88. The summed E-state index contributed by atoms with van der Waals surface area (Å²) >= 11 is 0. The molecule has 11 heavy (non-hydrogen) atoms. The van der Waals surface area contributed by atoms with Gasteiger partial charge >= 0.3 is 0 Å². The van der Waals surface area contributed by atoms with Gasteiger partial charge in [-0.2, -0.15) is 0 Å². The zero-order valence-electron chi connectivity index (χ0n) is 6.42. The molecule has 0 fully saturated rings. The highest BCUT2D eigenvalue weighted by molar-refractivity contribution is 5.04. The van der Waals surface area contributed by atoms with E-state index in [4.69, 9.17) is 5.73 Å². The van der Waals surface area contributed by atoms with Crippen molar-refractivity contribution in [3.8, 4) is 0 Å². The van der Waals surface area contributed by atoms with Crippen LogP contribution in [0.25, 0.3) is 0 Å². The zero-order chi connectivity index (χ0) is 8.27. The number of aromatic amines is 1. The zero-order valence-corrected chi connectivity index (χ0v) is 6.42. The fraction of sp³-hybridized carbons (Fsp3) is 0.429. The van der Waals surface area contributed by atoms with Crippen LogP contribution in [0.2, 0.25) is 0 Å². The number of aryl methyl sites for hydroxylation is 1. The van der Waals surface area contributed by atoms with E-state index in [2.05, 4.69) is 9.97 Å². The third kappa shape index (κ3) is 1.65. The summed E-state index contributed by atoms with van der Waals surface area (Å²) in [5, 5.41) is 0. The lowest BCUT2D eigenvalue weighted by atomic mass is 10.3. The fourth-order valence-electron chi connectivity index (χ4n) is 0.783. The molecule has 0 radical (unpaired) electrons. The highest BCUT2D eigenvalue weighted by Gasteiger charge is 1.97. The van der Waals surface area contributed by atoms with Gasteiger partial charge in [-0.15, -0.1) is 0 Å². The molecule has 0 aliphatic carbocycles. The molecular formula is C7H11N3O. The number of nitrogens with two attached hydrogens (primary N) is 1. The SMILES string of the molecule is CCc1ncc(CN)c(=O)[nH]1. The average molecular weight is 153 g/mol. The maximum absolute atomic E-state index is 11.1. The van der Waals surface area contributed by atoms with Gasteiger partial charge in [0.25, 0.3) is 5.56 Å². The Kier molecular flexibility index (Phi) is 2.38. The Morgan fingerprint density at radius 1 is 1.73 bits per heavy atom. The maximum atomic E-state index is 11.1. The van der Waals surface area contributed by atoms with Crippen LogP contribution in [0, 0.1) is 0 Å². The van der Waals surface area contributed by atoms with E-state index in [1.54, 1.807) is 0 Å². The van der Waals surface area contributed by atoms with Gasteiger partial charge in [-0.3, -0.25) is 4.79 Å². The van der Waals surface area contributed by atoms with Crippen LogP contribution in [0.1, 0.15) is 18.3 Å². The lowest BCUT2D eigenvalue weighted by molar-refractivity contribution is 0.881. The average Bonchev–Trinajstić information content (AvgIpc) is 2.04. The standard InChI is InChI=1S/C7H11N3O/c1-2-6-9-4-5(3-8)7(11)10-6/h4H,2-3,8H2,1H3,(H,9,10,11). The quantitative estimate of drug-likeness (QED) is 0.617. The van der Waals surface area contributed by atoms with Crippen LogP contribution in [0.5, 0.6) is 0 Å². The van der Waals surface area contributed by atoms with Gasteiger partial charge in [0.1, 0.15) is 5.82 Å². The van der Waals surface area contributed by atoms with E-state index in [9.17, 15) is 4.79 Å². The van der Waals surface area contributed by atoms with Crippen molar-refractivity contribution < 1.29 is 0 Å². The summed E-state index contributed by atoms with van der Waals surface area (Å²) in [6, 6.07) is 0. The molecule has 1 aromatic heterocycles. The first-order valence-electron chi connectivity index (χ1n) is 3.55. The number of rotatable bonds is 2. The van der Waals surface area contributed by atoms with Crippen molar-refractivity contribution >= 4 is 0 Å². The van der Waals surface area contributed by atoms with Crippen LogP contribution in [0.4, 0.5) is 0 Å². The van der Waals surface area contributed by atoms with Crippen LogP contribution in [0.15, 0.2) is 11.0 Å². The Hall–Kier alpha value is -1.16. The Morgan fingerprint density at radius 3 is 2.91 bits per heavy atom. The fourth-order valence-corrected chi connectivity index (χ4v) is 0.783. The first-order valence-corrected chi connectivity index (χ1v) is 3.55. The molecule has 1 heterocycles. The molecule has 0 unspecified atom stereocenters. The van der Waals surface area contributed by atoms with Crippen LogP contribution in [0.3, 0.4) is 0 Å². The third-order valence-electron chi connectivity index (χ3n) is 1.48. The van der Waals surface area contributed by atoms with E-state index < -0.39 is 0 Å². The van der Waals surface area contributed by atoms with Gasteiger partial charge in [-0.05, 0) is 0 Å². The van der Waals surface area contributed by atoms with Crippen molar-refractivity contribution in [3.63, 3.8) is 0 Å². The Bertz CT molecular complexity index is 292. The predicted molar refractivity (Wildman–Crippen MR) is 42.1 cm³/mol. The number of hydrogen-bond acceptors (Lipinski definition) is 3. The van der Waals surface area contributed by atoms with Crippen molar-refractivity contribution in [2.24, 2.45) is 5.73 Å². The summed E-state index contributed by atoms with van der Waals surface area (Å²) < 4.78 is 0. The normalized spacial score (nSPS) is 10.0. The van der Waals surface area contributed by atoms with Crippen LogP contribution in [-0.2, 0) is 13.0 Å². The molecule has 0 aliphatic rings. The van der Waals surface area contributed by atoms with Crippen molar-refractivity contribution in [2.45, 2.75) is 19.9 Å². The van der Waals surface area contributed by atoms with E-state index in [1.165, 1.54) is 6.20 Å². The van der Waals surface area contributed by atoms with Crippen molar-refractivity contribution in [1.82, 2.24) is 9.97 Å². The summed E-state index contributed by atoms with van der Waals surface area (Å²) in [6.07, 6.45) is 2.26. The van der Waals surface area contributed by atoms with Crippen molar-refractivity contribution in [1.29, 1.82) is 0 Å². The van der Waals surface area contributed by atoms with Gasteiger partial charge in [0, 0.05) is 24.7 Å². The molecule has 0 amide bonds. The van der Waals surface area contributed by atoms with Gasteiger partial charge in [0.05, 0.1) is 0 Å². The summed E-state index contributed by atoms with van der Waals surface area (Å²) in [4.78, 5) is 17.7. The molecule has 1 aromatic rings. The minimum absolute atomic E-state index is 0.126. The molecule has 4 heteroatoms. The molecule has 4 nitrogen and oxygen atoms in total. The Balaban J connectivity index is 3.10. The van der Waals surface area contributed by atoms with E-state index in [1.807, 2.05) is 6.92 Å². The van der Waals surface area contributed by atoms with Gasteiger partial charge in [0.2, 0.25) is 0 Å². The summed E-state index contributed by atoms with van der Waals surface area (Å²) in [5.74, 6) is 0.701. The topological polar surface area (TPSA) is 71.8 Å². The minimum Gasteiger partial charge on any atom is -0.326 e. The van der Waals surface area contributed by atoms with Crippen molar-refractivity contribution in [3.05, 3.63) is 27.9 Å². The number of aromatic nitrogens is 2. The van der Waals surface area contributed by atoms with Crippen LogP contribution < -0.4 is 11.3 Å². The Morgan fingerprint density at radius 2 is 2.45 bits per heavy atom. The number of nitrogens with zero attached hydrogens (tertiary/aromatic N) is 1. The number of nitrogens with one attached hydrogen (secondary N) is 1. The second-order valence-electron chi connectivity index (χ2n) is 2.24. The summed E-state index contributed by atoms with van der Waals surface area (Å²) in [6.45, 7) is 2.17. The van der Waals surface area contributed by atoms with Gasteiger partial charge in [-0.1, -0.05) is 6.92 Å². The number of hydrogen-bond donors (Lipinski definition) is 2. The predicted octanol–water partition coefficient (Wildman–Crippen LogP) is -0.209. The molecule has 0 aliphatic heterocycles. The summed E-state index contributed by atoms with van der Waals surface area (Å²) in [5.41, 5.74) is 5.69.